The first-order valence-corrected chi connectivity index (χ1v) is 9.51. The molecule has 0 amide bonds. The van der Waals surface area contributed by atoms with Gasteiger partial charge in [0.05, 0.1) is 26.8 Å². The van der Waals surface area contributed by atoms with Crippen molar-refractivity contribution in [1.29, 1.82) is 5.26 Å². The van der Waals surface area contributed by atoms with Crippen molar-refractivity contribution < 1.29 is 14.2 Å². The molecular weight excluding hydrogens is 366 g/mol. The number of fused-ring (bicyclic) bond motifs is 1. The SMILES string of the molecule is COc1ccc(-c2c(C#N)n(CCCN(C)C)c3cc(OC)c(OC)cc23)cc1. The lowest BCUT2D eigenvalue weighted by Gasteiger charge is -2.12. The summed E-state index contributed by atoms with van der Waals surface area (Å²) < 4.78 is 18.4. The lowest BCUT2D eigenvalue weighted by Crippen LogP contribution is -2.15. The highest BCUT2D eigenvalue weighted by Gasteiger charge is 2.21. The zero-order valence-corrected chi connectivity index (χ0v) is 17.7. The Morgan fingerprint density at radius 3 is 2.17 bits per heavy atom. The molecule has 0 aliphatic rings. The molecule has 6 nitrogen and oxygen atoms in total. The average molecular weight is 393 g/mol. The predicted molar refractivity (Wildman–Crippen MR) is 115 cm³/mol. The molecule has 3 aromatic rings. The Morgan fingerprint density at radius 1 is 0.966 bits per heavy atom. The molecule has 0 atom stereocenters. The molecule has 6 heteroatoms. The number of nitriles is 1. The van der Waals surface area contributed by atoms with Crippen LogP contribution in [0.4, 0.5) is 0 Å². The quantitative estimate of drug-likeness (QED) is 0.575. The molecule has 0 unspecified atom stereocenters. The molecule has 0 aliphatic heterocycles. The van der Waals surface area contributed by atoms with Crippen LogP contribution in [0.1, 0.15) is 12.1 Å². The minimum Gasteiger partial charge on any atom is -0.497 e. The number of aryl methyl sites for hydroxylation is 1. The number of hydrogen-bond acceptors (Lipinski definition) is 5. The van der Waals surface area contributed by atoms with Crippen LogP contribution >= 0.6 is 0 Å². The van der Waals surface area contributed by atoms with Crippen LogP contribution in [0.5, 0.6) is 17.2 Å². The van der Waals surface area contributed by atoms with E-state index in [1.165, 1.54) is 0 Å². The number of ether oxygens (including phenoxy) is 3. The Hall–Kier alpha value is -3.17. The monoisotopic (exact) mass is 393 g/mol. The fourth-order valence-corrected chi connectivity index (χ4v) is 3.62. The van der Waals surface area contributed by atoms with Gasteiger partial charge in [-0.2, -0.15) is 5.26 Å². The van der Waals surface area contributed by atoms with Gasteiger partial charge in [-0.3, -0.25) is 0 Å². The van der Waals surface area contributed by atoms with Crippen LogP contribution in [-0.4, -0.2) is 51.4 Å². The standard InChI is InChI=1S/C23H27N3O3/c1-25(2)11-6-12-26-19-14-22(29-5)21(28-4)13-18(19)23(20(26)15-24)16-7-9-17(27-3)10-8-16/h7-10,13-14H,6,11-12H2,1-5H3. The molecule has 1 aromatic heterocycles. The Bertz CT molecular complexity index is 1030. The first kappa shape index (κ1) is 20.6. The van der Waals surface area contributed by atoms with Crippen LogP contribution in [0.2, 0.25) is 0 Å². The smallest absolute Gasteiger partial charge is 0.162 e. The summed E-state index contributed by atoms with van der Waals surface area (Å²) in [6.07, 6.45) is 0.932. The second-order valence-corrected chi connectivity index (χ2v) is 7.10. The van der Waals surface area contributed by atoms with Crippen molar-refractivity contribution in [3.05, 3.63) is 42.1 Å². The first-order valence-electron chi connectivity index (χ1n) is 9.51. The van der Waals surface area contributed by atoms with E-state index in [0.29, 0.717) is 17.2 Å². The molecular formula is C23H27N3O3. The molecule has 0 fully saturated rings. The lowest BCUT2D eigenvalue weighted by atomic mass is 10.0. The van der Waals surface area contributed by atoms with E-state index in [1.807, 2.05) is 36.4 Å². The van der Waals surface area contributed by atoms with Crippen molar-refractivity contribution in [2.75, 3.05) is 42.0 Å². The summed E-state index contributed by atoms with van der Waals surface area (Å²) in [7, 11) is 8.99. The molecule has 29 heavy (non-hydrogen) atoms. The van der Waals surface area contributed by atoms with E-state index in [4.69, 9.17) is 14.2 Å². The van der Waals surface area contributed by atoms with E-state index in [9.17, 15) is 5.26 Å². The summed E-state index contributed by atoms with van der Waals surface area (Å²) in [5.74, 6) is 2.07. The average Bonchev–Trinajstić information content (AvgIpc) is 3.04. The highest BCUT2D eigenvalue weighted by molar-refractivity contribution is 6.01. The first-order chi connectivity index (χ1) is 14.0. The Morgan fingerprint density at radius 2 is 1.62 bits per heavy atom. The maximum absolute atomic E-state index is 10.1. The summed E-state index contributed by atoms with van der Waals surface area (Å²) in [4.78, 5) is 2.14. The largest absolute Gasteiger partial charge is 0.497 e. The Kier molecular flexibility index (Phi) is 6.30. The van der Waals surface area contributed by atoms with Gasteiger partial charge in [-0.25, -0.2) is 0 Å². The number of methoxy groups -OCH3 is 3. The summed E-state index contributed by atoms with van der Waals surface area (Å²) in [6.45, 7) is 1.68. The van der Waals surface area contributed by atoms with Gasteiger partial charge < -0.3 is 23.7 Å². The summed E-state index contributed by atoms with van der Waals surface area (Å²) in [5, 5.41) is 11.0. The Labute approximate surface area is 171 Å². The summed E-state index contributed by atoms with van der Waals surface area (Å²) in [6, 6.07) is 14.1. The zero-order chi connectivity index (χ0) is 21.0. The third-order valence-electron chi connectivity index (χ3n) is 5.04. The lowest BCUT2D eigenvalue weighted by molar-refractivity contribution is 0.355. The number of aromatic nitrogens is 1. The van der Waals surface area contributed by atoms with E-state index < -0.39 is 0 Å². The van der Waals surface area contributed by atoms with Crippen LogP contribution in [0.3, 0.4) is 0 Å². The highest BCUT2D eigenvalue weighted by atomic mass is 16.5. The van der Waals surface area contributed by atoms with Crippen molar-refractivity contribution in [3.63, 3.8) is 0 Å². The van der Waals surface area contributed by atoms with Crippen molar-refractivity contribution in [2.24, 2.45) is 0 Å². The molecule has 2 aromatic carbocycles. The van der Waals surface area contributed by atoms with E-state index in [1.54, 1.807) is 21.3 Å². The predicted octanol–water partition coefficient (Wildman–Crippen LogP) is 4.16. The number of benzene rings is 2. The number of hydrogen-bond donors (Lipinski definition) is 0. The third-order valence-corrected chi connectivity index (χ3v) is 5.04. The van der Waals surface area contributed by atoms with E-state index in [-0.39, 0.29) is 0 Å². The van der Waals surface area contributed by atoms with Crippen molar-refractivity contribution >= 4 is 10.9 Å². The van der Waals surface area contributed by atoms with Crippen LogP contribution in [0, 0.1) is 11.3 Å². The highest BCUT2D eigenvalue weighted by Crippen LogP contribution is 2.41. The molecule has 0 bridgehead atoms. The van der Waals surface area contributed by atoms with E-state index in [2.05, 4.69) is 29.6 Å². The molecule has 0 saturated carbocycles. The molecule has 152 valence electrons. The second kappa shape index (κ2) is 8.89. The summed E-state index contributed by atoms with van der Waals surface area (Å²) >= 11 is 0. The maximum atomic E-state index is 10.1. The molecule has 3 rings (SSSR count). The van der Waals surface area contributed by atoms with Gasteiger partial charge in [0.2, 0.25) is 0 Å². The van der Waals surface area contributed by atoms with Gasteiger partial charge >= 0.3 is 0 Å². The van der Waals surface area contributed by atoms with Crippen LogP contribution in [0.25, 0.3) is 22.0 Å². The van der Waals surface area contributed by atoms with Gasteiger partial charge in [0, 0.05) is 23.6 Å². The van der Waals surface area contributed by atoms with Gasteiger partial charge in [0.1, 0.15) is 17.5 Å². The van der Waals surface area contributed by atoms with Gasteiger partial charge in [-0.1, -0.05) is 12.1 Å². The van der Waals surface area contributed by atoms with Crippen LogP contribution < -0.4 is 14.2 Å². The zero-order valence-electron chi connectivity index (χ0n) is 17.7. The Balaban J connectivity index is 2.25. The third kappa shape index (κ3) is 4.01. The fourth-order valence-electron chi connectivity index (χ4n) is 3.62. The minimum absolute atomic E-state index is 0.638. The van der Waals surface area contributed by atoms with Crippen LogP contribution in [-0.2, 0) is 6.54 Å². The van der Waals surface area contributed by atoms with E-state index >= 15 is 0 Å². The second-order valence-electron chi connectivity index (χ2n) is 7.10. The molecule has 1 heterocycles. The van der Waals surface area contributed by atoms with Crippen molar-refractivity contribution in [2.45, 2.75) is 13.0 Å². The van der Waals surface area contributed by atoms with Gasteiger partial charge in [-0.05, 0) is 50.8 Å². The molecule has 0 N–H and O–H groups in total. The minimum atomic E-state index is 0.638. The van der Waals surface area contributed by atoms with Crippen molar-refractivity contribution in [3.8, 4) is 34.4 Å². The number of nitrogens with zero attached hydrogens (tertiary/aromatic N) is 3. The van der Waals surface area contributed by atoms with E-state index in [0.717, 1.165) is 47.3 Å². The maximum Gasteiger partial charge on any atom is 0.162 e. The topological polar surface area (TPSA) is 59.7 Å². The molecule has 0 aliphatic carbocycles. The normalized spacial score (nSPS) is 10.9. The van der Waals surface area contributed by atoms with Crippen molar-refractivity contribution in [1.82, 2.24) is 9.47 Å². The van der Waals surface area contributed by atoms with Gasteiger partial charge in [0.15, 0.2) is 11.5 Å². The summed E-state index contributed by atoms with van der Waals surface area (Å²) in [5.41, 5.74) is 3.46. The fraction of sp³-hybridized carbons (Fsp3) is 0.348. The van der Waals surface area contributed by atoms with Gasteiger partial charge in [-0.15, -0.1) is 0 Å². The van der Waals surface area contributed by atoms with Gasteiger partial charge in [0.25, 0.3) is 0 Å². The molecule has 0 saturated heterocycles. The molecule has 0 spiro atoms. The van der Waals surface area contributed by atoms with Crippen LogP contribution in [0.15, 0.2) is 36.4 Å². The molecule has 0 radical (unpaired) electrons. The number of rotatable bonds is 8.